The molecule has 0 bridgehead atoms. The number of para-hydroxylation sites is 3. The average Bonchev–Trinajstić information content (AvgIpc) is 3.63. The van der Waals surface area contributed by atoms with Crippen molar-refractivity contribution in [1.82, 2.24) is 0 Å². The van der Waals surface area contributed by atoms with Gasteiger partial charge in [-0.05, 0) is 94.9 Å². The quantitative estimate of drug-likeness (QED) is 0.199. The molecule has 1 aliphatic carbocycles. The molecule has 0 aliphatic heterocycles. The number of fused-ring (bicyclic) bond motifs is 6. The Labute approximate surface area is 268 Å². The average molecular weight is 590 g/mol. The molecule has 218 valence electrons. The van der Waals surface area contributed by atoms with Gasteiger partial charge in [-0.15, -0.1) is 0 Å². The topological polar surface area (TPSA) is 16.4 Å². The fourth-order valence-corrected chi connectivity index (χ4v) is 7.51. The molecule has 1 heterocycles. The van der Waals surface area contributed by atoms with E-state index in [4.69, 9.17) is 4.42 Å². The van der Waals surface area contributed by atoms with Gasteiger partial charge in [-0.3, -0.25) is 0 Å². The summed E-state index contributed by atoms with van der Waals surface area (Å²) in [5.41, 5.74) is 13.6. The zero-order chi connectivity index (χ0) is 30.7. The van der Waals surface area contributed by atoms with Crippen LogP contribution in [0.1, 0.15) is 23.6 Å². The van der Waals surface area contributed by atoms with Crippen molar-refractivity contribution in [3.63, 3.8) is 0 Å². The maximum atomic E-state index is 6.72. The molecule has 0 saturated carbocycles. The third kappa shape index (κ3) is 3.97. The van der Waals surface area contributed by atoms with E-state index in [1.807, 2.05) is 0 Å². The first-order chi connectivity index (χ1) is 22.7. The number of benzene rings is 7. The van der Waals surface area contributed by atoms with Crippen molar-refractivity contribution < 1.29 is 4.42 Å². The lowest BCUT2D eigenvalue weighted by Crippen LogP contribution is -2.22. The summed E-state index contributed by atoms with van der Waals surface area (Å²) in [6.07, 6.45) is 0. The van der Waals surface area contributed by atoms with Gasteiger partial charge in [-0.25, -0.2) is 0 Å². The van der Waals surface area contributed by atoms with E-state index in [1.165, 1.54) is 38.9 Å². The Balaban J connectivity index is 1.25. The van der Waals surface area contributed by atoms with Crippen molar-refractivity contribution in [2.24, 2.45) is 0 Å². The van der Waals surface area contributed by atoms with E-state index >= 15 is 0 Å². The van der Waals surface area contributed by atoms with Gasteiger partial charge in [-0.2, -0.15) is 0 Å². The second-order valence-electron chi connectivity index (χ2n) is 12.3. The molecule has 0 N–H and O–H groups in total. The Bertz CT molecular complexity index is 2280. The van der Waals surface area contributed by atoms with E-state index in [2.05, 4.69) is 182 Å². The Kier molecular flexibility index (Phi) is 5.97. The molecular formula is C44H31NO. The zero-order valence-corrected chi connectivity index (χ0v) is 25.5. The molecule has 2 nitrogen and oxygen atoms in total. The van der Waals surface area contributed by atoms with Crippen LogP contribution >= 0.6 is 0 Å². The van der Waals surface area contributed by atoms with Gasteiger partial charge in [0.15, 0.2) is 0 Å². The molecule has 0 spiro atoms. The molecule has 46 heavy (non-hydrogen) atoms. The second kappa shape index (κ2) is 10.4. The third-order valence-electron chi connectivity index (χ3n) is 9.73. The monoisotopic (exact) mass is 589 g/mol. The maximum absolute atomic E-state index is 6.72. The van der Waals surface area contributed by atoms with Crippen LogP contribution in [0.25, 0.3) is 44.2 Å². The molecule has 9 rings (SSSR count). The molecule has 0 amide bonds. The molecule has 2 heteroatoms. The van der Waals surface area contributed by atoms with Crippen LogP contribution in [0.4, 0.5) is 17.1 Å². The summed E-state index contributed by atoms with van der Waals surface area (Å²) in [6.45, 7) is 2.37. The summed E-state index contributed by atoms with van der Waals surface area (Å²) < 4.78 is 6.72. The summed E-state index contributed by atoms with van der Waals surface area (Å²) in [7, 11) is 0. The summed E-state index contributed by atoms with van der Waals surface area (Å²) in [5.74, 6) is 0. The van der Waals surface area contributed by atoms with Gasteiger partial charge in [0.25, 0.3) is 0 Å². The lowest BCUT2D eigenvalue weighted by molar-refractivity contribution is 0.638. The molecule has 1 aliphatic rings. The molecule has 0 saturated heterocycles. The Morgan fingerprint density at radius 1 is 0.435 bits per heavy atom. The van der Waals surface area contributed by atoms with E-state index in [-0.39, 0.29) is 5.41 Å². The number of nitrogens with zero attached hydrogens (tertiary/aromatic N) is 1. The first kappa shape index (κ1) is 26.5. The van der Waals surface area contributed by atoms with Crippen LogP contribution in [0.2, 0.25) is 0 Å². The van der Waals surface area contributed by atoms with Crippen molar-refractivity contribution in [2.45, 2.75) is 12.3 Å². The van der Waals surface area contributed by atoms with Crippen LogP contribution in [0, 0.1) is 0 Å². The van der Waals surface area contributed by atoms with Gasteiger partial charge in [0.1, 0.15) is 11.2 Å². The Morgan fingerprint density at radius 2 is 0.957 bits per heavy atom. The van der Waals surface area contributed by atoms with Crippen molar-refractivity contribution in [3.8, 4) is 22.3 Å². The Hall–Kier alpha value is -5.86. The molecule has 0 fully saturated rings. The van der Waals surface area contributed by atoms with Gasteiger partial charge in [-0.1, -0.05) is 115 Å². The summed E-state index contributed by atoms with van der Waals surface area (Å²) in [6, 6.07) is 60.8. The normalized spacial score (nSPS) is 13.1. The van der Waals surface area contributed by atoms with Gasteiger partial charge >= 0.3 is 0 Å². The highest BCUT2D eigenvalue weighted by molar-refractivity contribution is 6.08. The fraction of sp³-hybridized carbons (Fsp3) is 0.0455. The van der Waals surface area contributed by atoms with Crippen molar-refractivity contribution in [2.75, 3.05) is 4.90 Å². The molecule has 0 unspecified atom stereocenters. The van der Waals surface area contributed by atoms with Crippen LogP contribution in [0.15, 0.2) is 174 Å². The Morgan fingerprint density at radius 3 is 1.59 bits per heavy atom. The maximum Gasteiger partial charge on any atom is 0.139 e. The van der Waals surface area contributed by atoms with E-state index in [9.17, 15) is 0 Å². The first-order valence-electron chi connectivity index (χ1n) is 15.9. The summed E-state index contributed by atoms with van der Waals surface area (Å²) in [4.78, 5) is 2.30. The van der Waals surface area contributed by atoms with Gasteiger partial charge in [0, 0.05) is 38.8 Å². The molecule has 8 aromatic rings. The highest BCUT2D eigenvalue weighted by Crippen LogP contribution is 2.54. The SMILES string of the molecule is CC1(c2cc(-c3ccc(N(c4ccccc4)c4ccccc4)cc3)cc3c2oc2ccccc23)c2ccccc2-c2ccccc21. The minimum absolute atomic E-state index is 0.382. The highest BCUT2D eigenvalue weighted by Gasteiger charge is 2.42. The number of rotatable bonds is 5. The van der Waals surface area contributed by atoms with E-state index < -0.39 is 0 Å². The van der Waals surface area contributed by atoms with Crippen molar-refractivity contribution in [3.05, 3.63) is 187 Å². The van der Waals surface area contributed by atoms with Gasteiger partial charge in [0.2, 0.25) is 0 Å². The van der Waals surface area contributed by atoms with Crippen LogP contribution in [0.3, 0.4) is 0 Å². The van der Waals surface area contributed by atoms with Crippen LogP contribution < -0.4 is 4.90 Å². The van der Waals surface area contributed by atoms with Gasteiger partial charge < -0.3 is 9.32 Å². The zero-order valence-electron chi connectivity index (χ0n) is 25.5. The molecule has 0 atom stereocenters. The molecule has 0 radical (unpaired) electrons. The highest BCUT2D eigenvalue weighted by atomic mass is 16.3. The van der Waals surface area contributed by atoms with E-state index in [0.29, 0.717) is 0 Å². The number of hydrogen-bond acceptors (Lipinski definition) is 2. The van der Waals surface area contributed by atoms with Gasteiger partial charge in [0.05, 0.1) is 0 Å². The number of hydrogen-bond donors (Lipinski definition) is 0. The summed E-state index contributed by atoms with van der Waals surface area (Å²) in [5, 5.41) is 2.28. The lowest BCUT2D eigenvalue weighted by atomic mass is 9.73. The first-order valence-corrected chi connectivity index (χ1v) is 15.9. The number of furan rings is 1. The largest absolute Gasteiger partial charge is 0.456 e. The van der Waals surface area contributed by atoms with Crippen LogP contribution in [-0.2, 0) is 5.41 Å². The fourth-order valence-electron chi connectivity index (χ4n) is 7.51. The second-order valence-corrected chi connectivity index (χ2v) is 12.3. The smallest absolute Gasteiger partial charge is 0.139 e. The minimum atomic E-state index is -0.382. The molecule has 1 aromatic heterocycles. The number of anilines is 3. The molecular weight excluding hydrogens is 558 g/mol. The standard InChI is InChI=1S/C44H31NO/c1-44(39-21-11-8-18-35(39)36-19-9-12-22-40(36)44)41-29-31(28-38-37-20-10-13-23-42(37)46-43(38)41)30-24-26-34(27-25-30)45(32-14-4-2-5-15-32)33-16-6-3-7-17-33/h2-29H,1H3. The van der Waals surface area contributed by atoms with E-state index in [1.54, 1.807) is 0 Å². The van der Waals surface area contributed by atoms with Crippen LogP contribution in [-0.4, -0.2) is 0 Å². The minimum Gasteiger partial charge on any atom is -0.456 e. The van der Waals surface area contributed by atoms with Crippen molar-refractivity contribution in [1.29, 1.82) is 0 Å². The third-order valence-corrected chi connectivity index (χ3v) is 9.73. The molecule has 7 aromatic carbocycles. The van der Waals surface area contributed by atoms with E-state index in [0.717, 1.165) is 39.0 Å². The predicted molar refractivity (Wildman–Crippen MR) is 191 cm³/mol. The summed E-state index contributed by atoms with van der Waals surface area (Å²) >= 11 is 0. The van der Waals surface area contributed by atoms with Crippen LogP contribution in [0.5, 0.6) is 0 Å². The lowest BCUT2D eigenvalue weighted by Gasteiger charge is -2.29. The predicted octanol–water partition coefficient (Wildman–Crippen LogP) is 12.1. The van der Waals surface area contributed by atoms with Crippen molar-refractivity contribution >= 4 is 39.0 Å².